The predicted octanol–water partition coefficient (Wildman–Crippen LogP) is 2.55. The average Bonchev–Trinajstić information content (AvgIpc) is 2.50. The van der Waals surface area contributed by atoms with Crippen molar-refractivity contribution in [3.8, 4) is 0 Å². The summed E-state index contributed by atoms with van der Waals surface area (Å²) in [6.07, 6.45) is 0.730. The molecule has 0 bridgehead atoms. The number of hydrogen-bond acceptors (Lipinski definition) is 4. The molecule has 120 valence electrons. The maximum Gasteiger partial charge on any atom is 0.129 e. The topological polar surface area (TPSA) is 39.7 Å². The van der Waals surface area contributed by atoms with E-state index in [4.69, 9.17) is 14.2 Å². The van der Waals surface area contributed by atoms with E-state index in [-0.39, 0.29) is 11.9 Å². The second-order valence-corrected chi connectivity index (χ2v) is 4.69. The van der Waals surface area contributed by atoms with Gasteiger partial charge >= 0.3 is 0 Å². The van der Waals surface area contributed by atoms with Gasteiger partial charge in [-0.3, -0.25) is 0 Å². The van der Waals surface area contributed by atoms with Crippen molar-refractivity contribution in [2.45, 2.75) is 19.4 Å². The fraction of sp³-hybridized carbons (Fsp3) is 0.625. The van der Waals surface area contributed by atoms with Gasteiger partial charge in [0, 0.05) is 19.2 Å². The molecule has 0 aliphatic carbocycles. The summed E-state index contributed by atoms with van der Waals surface area (Å²) < 4.78 is 29.9. The van der Waals surface area contributed by atoms with Gasteiger partial charge < -0.3 is 19.5 Å². The second kappa shape index (κ2) is 11.6. The summed E-state index contributed by atoms with van der Waals surface area (Å²) in [6.45, 7) is 5.58. The molecule has 0 aliphatic heterocycles. The van der Waals surface area contributed by atoms with Crippen LogP contribution >= 0.6 is 0 Å². The fourth-order valence-corrected chi connectivity index (χ4v) is 1.90. The molecule has 0 aliphatic rings. The SMILES string of the molecule is CCCNCC(OCCOCCOC)c1ccccc1F. The standard InChI is InChI=1S/C16H26FNO3/c1-3-8-18-13-16(14-6-4-5-7-15(14)17)21-12-11-20-10-9-19-2/h4-7,16,18H,3,8-13H2,1-2H3. The zero-order valence-electron chi connectivity index (χ0n) is 12.9. The highest BCUT2D eigenvalue weighted by atomic mass is 19.1. The van der Waals surface area contributed by atoms with Crippen LogP contribution in [0.2, 0.25) is 0 Å². The molecule has 0 aromatic heterocycles. The molecule has 0 saturated carbocycles. The molecule has 0 radical (unpaired) electrons. The first-order chi connectivity index (χ1) is 10.3. The first kappa shape index (κ1) is 18.0. The van der Waals surface area contributed by atoms with Crippen LogP contribution in [0.4, 0.5) is 4.39 Å². The molecule has 0 heterocycles. The molecule has 21 heavy (non-hydrogen) atoms. The normalized spacial score (nSPS) is 12.5. The molecule has 1 aromatic rings. The van der Waals surface area contributed by atoms with E-state index in [0.29, 0.717) is 38.5 Å². The van der Waals surface area contributed by atoms with Gasteiger partial charge in [-0.15, -0.1) is 0 Å². The fourth-order valence-electron chi connectivity index (χ4n) is 1.90. The summed E-state index contributed by atoms with van der Waals surface area (Å²) >= 11 is 0. The summed E-state index contributed by atoms with van der Waals surface area (Å²) in [6, 6.07) is 6.73. The lowest BCUT2D eigenvalue weighted by Gasteiger charge is -2.19. The molecule has 0 amide bonds. The van der Waals surface area contributed by atoms with Crippen LogP contribution in [0.3, 0.4) is 0 Å². The van der Waals surface area contributed by atoms with Crippen LogP contribution in [0.1, 0.15) is 25.0 Å². The monoisotopic (exact) mass is 299 g/mol. The lowest BCUT2D eigenvalue weighted by molar-refractivity contribution is -0.00786. The summed E-state index contributed by atoms with van der Waals surface area (Å²) in [5.74, 6) is -0.235. The smallest absolute Gasteiger partial charge is 0.129 e. The Bertz CT molecular complexity index is 376. The van der Waals surface area contributed by atoms with Crippen LogP contribution in [0.15, 0.2) is 24.3 Å². The summed E-state index contributed by atoms with van der Waals surface area (Å²) in [7, 11) is 1.63. The number of nitrogens with one attached hydrogen (secondary N) is 1. The zero-order chi connectivity index (χ0) is 15.3. The van der Waals surface area contributed by atoms with Crippen LogP contribution in [-0.2, 0) is 14.2 Å². The van der Waals surface area contributed by atoms with Crippen LogP contribution < -0.4 is 5.32 Å². The number of benzene rings is 1. The number of methoxy groups -OCH3 is 1. The molecule has 0 fully saturated rings. The van der Waals surface area contributed by atoms with Gasteiger partial charge in [-0.05, 0) is 19.0 Å². The van der Waals surface area contributed by atoms with Crippen molar-refractivity contribution in [2.24, 2.45) is 0 Å². The molecule has 1 unspecified atom stereocenters. The van der Waals surface area contributed by atoms with Crippen molar-refractivity contribution < 1.29 is 18.6 Å². The predicted molar refractivity (Wildman–Crippen MR) is 80.9 cm³/mol. The number of ether oxygens (including phenoxy) is 3. The van der Waals surface area contributed by atoms with Gasteiger partial charge in [0.1, 0.15) is 5.82 Å². The average molecular weight is 299 g/mol. The van der Waals surface area contributed by atoms with E-state index in [2.05, 4.69) is 12.2 Å². The van der Waals surface area contributed by atoms with Gasteiger partial charge in [-0.1, -0.05) is 25.1 Å². The molecule has 1 rings (SSSR count). The number of rotatable bonds is 12. The largest absolute Gasteiger partial charge is 0.382 e. The van der Waals surface area contributed by atoms with E-state index in [9.17, 15) is 4.39 Å². The number of hydrogen-bond donors (Lipinski definition) is 1. The highest BCUT2D eigenvalue weighted by molar-refractivity contribution is 5.20. The van der Waals surface area contributed by atoms with Gasteiger partial charge in [-0.25, -0.2) is 4.39 Å². The molecular weight excluding hydrogens is 273 g/mol. The highest BCUT2D eigenvalue weighted by Crippen LogP contribution is 2.19. The van der Waals surface area contributed by atoms with E-state index >= 15 is 0 Å². The first-order valence-corrected chi connectivity index (χ1v) is 7.43. The minimum Gasteiger partial charge on any atom is -0.382 e. The minimum absolute atomic E-state index is 0.235. The van der Waals surface area contributed by atoms with Gasteiger partial charge in [0.2, 0.25) is 0 Å². The van der Waals surface area contributed by atoms with Crippen LogP contribution in [0, 0.1) is 5.82 Å². The van der Waals surface area contributed by atoms with E-state index in [1.807, 2.05) is 6.07 Å². The Hall–Kier alpha value is -1.01. The van der Waals surface area contributed by atoms with Crippen molar-refractivity contribution in [2.75, 3.05) is 46.6 Å². The summed E-state index contributed by atoms with van der Waals surface area (Å²) in [5, 5.41) is 3.27. The van der Waals surface area contributed by atoms with Crippen molar-refractivity contribution in [3.05, 3.63) is 35.6 Å². The lowest BCUT2D eigenvalue weighted by atomic mass is 10.1. The van der Waals surface area contributed by atoms with Crippen LogP contribution in [0.5, 0.6) is 0 Å². The van der Waals surface area contributed by atoms with Gasteiger partial charge in [0.25, 0.3) is 0 Å². The van der Waals surface area contributed by atoms with Gasteiger partial charge in [0.05, 0.1) is 32.5 Å². The zero-order valence-corrected chi connectivity index (χ0v) is 12.9. The van der Waals surface area contributed by atoms with Crippen LogP contribution in [-0.4, -0.2) is 46.6 Å². The second-order valence-electron chi connectivity index (χ2n) is 4.69. The third kappa shape index (κ3) is 7.52. The van der Waals surface area contributed by atoms with E-state index in [1.54, 1.807) is 19.2 Å². The third-order valence-corrected chi connectivity index (χ3v) is 2.99. The molecule has 4 nitrogen and oxygen atoms in total. The summed E-state index contributed by atoms with van der Waals surface area (Å²) in [4.78, 5) is 0. The highest BCUT2D eigenvalue weighted by Gasteiger charge is 2.15. The van der Waals surface area contributed by atoms with Crippen molar-refractivity contribution in [3.63, 3.8) is 0 Å². The molecular formula is C16H26FNO3. The lowest BCUT2D eigenvalue weighted by Crippen LogP contribution is -2.25. The van der Waals surface area contributed by atoms with Gasteiger partial charge in [0.15, 0.2) is 0 Å². The summed E-state index contributed by atoms with van der Waals surface area (Å²) in [5.41, 5.74) is 0.581. The first-order valence-electron chi connectivity index (χ1n) is 7.43. The molecule has 1 aromatic carbocycles. The maximum absolute atomic E-state index is 13.9. The molecule has 0 spiro atoms. The molecule has 1 atom stereocenters. The van der Waals surface area contributed by atoms with Crippen molar-refractivity contribution in [1.29, 1.82) is 0 Å². The van der Waals surface area contributed by atoms with E-state index < -0.39 is 0 Å². The van der Waals surface area contributed by atoms with E-state index in [0.717, 1.165) is 13.0 Å². The minimum atomic E-state index is -0.302. The maximum atomic E-state index is 13.9. The molecule has 0 saturated heterocycles. The van der Waals surface area contributed by atoms with Crippen LogP contribution in [0.25, 0.3) is 0 Å². The molecule has 1 N–H and O–H groups in total. The van der Waals surface area contributed by atoms with Crippen molar-refractivity contribution in [1.82, 2.24) is 5.32 Å². The Labute approximate surface area is 126 Å². The Morgan fingerprint density at radius 3 is 2.62 bits per heavy atom. The van der Waals surface area contributed by atoms with E-state index in [1.165, 1.54) is 6.07 Å². The quantitative estimate of drug-likeness (QED) is 0.602. The molecule has 5 heteroatoms. The Balaban J connectivity index is 2.43. The van der Waals surface area contributed by atoms with Gasteiger partial charge in [-0.2, -0.15) is 0 Å². The Kier molecular flexibility index (Phi) is 9.99. The third-order valence-electron chi connectivity index (χ3n) is 2.99. The number of halogens is 1. The Morgan fingerprint density at radius 1 is 1.14 bits per heavy atom. The van der Waals surface area contributed by atoms with Crippen molar-refractivity contribution >= 4 is 0 Å². The Morgan fingerprint density at radius 2 is 1.90 bits per heavy atom.